The van der Waals surface area contributed by atoms with E-state index in [-0.39, 0.29) is 99.9 Å². The molecule has 49 heavy (non-hydrogen) atoms. The van der Waals surface area contributed by atoms with Gasteiger partial charge >= 0.3 is 5.97 Å². The molecule has 0 bridgehead atoms. The van der Waals surface area contributed by atoms with Crippen molar-refractivity contribution in [2.75, 3.05) is 46.1 Å². The number of nitrogens with one attached hydrogen (secondary N) is 1. The van der Waals surface area contributed by atoms with E-state index >= 15 is 4.39 Å². The second kappa shape index (κ2) is 14.7. The summed E-state index contributed by atoms with van der Waals surface area (Å²) >= 11 is 0. The Bertz CT molecular complexity index is 1440. The first-order valence-corrected chi connectivity index (χ1v) is 17.2. The van der Waals surface area contributed by atoms with Crippen molar-refractivity contribution in [3.63, 3.8) is 0 Å². The highest BCUT2D eigenvalue weighted by atomic mass is 19.1. The average Bonchev–Trinajstić information content (AvgIpc) is 3.51. The van der Waals surface area contributed by atoms with Crippen LogP contribution >= 0.6 is 0 Å². The number of carbonyl (C=O) groups is 6. The maximum atomic E-state index is 17.3. The molecule has 8 atom stereocenters. The summed E-state index contributed by atoms with van der Waals surface area (Å²) in [6.45, 7) is 6.49. The number of amides is 3. The monoisotopic (exact) mass is 686 g/mol. The van der Waals surface area contributed by atoms with Gasteiger partial charge in [-0.15, -0.1) is 0 Å². The number of hydrogen-bond acceptors (Lipinski definition) is 10. The average molecular weight is 687 g/mol. The van der Waals surface area contributed by atoms with Gasteiger partial charge in [0.15, 0.2) is 17.2 Å². The summed E-state index contributed by atoms with van der Waals surface area (Å²) < 4.78 is 33.3. The summed E-state index contributed by atoms with van der Waals surface area (Å²) in [7, 11) is 0. The van der Waals surface area contributed by atoms with Gasteiger partial charge in [-0.3, -0.25) is 33.7 Å². The van der Waals surface area contributed by atoms with Crippen LogP contribution in [0.5, 0.6) is 0 Å². The van der Waals surface area contributed by atoms with Crippen molar-refractivity contribution in [3.8, 4) is 0 Å². The minimum absolute atomic E-state index is 0.0852. The van der Waals surface area contributed by atoms with Crippen LogP contribution in [0.15, 0.2) is 36.0 Å². The number of halogens is 1. The second-order valence-corrected chi connectivity index (χ2v) is 14.4. The van der Waals surface area contributed by atoms with Crippen molar-refractivity contribution >= 4 is 35.3 Å². The van der Waals surface area contributed by atoms with Crippen LogP contribution in [0, 0.1) is 34.5 Å². The largest absolute Gasteiger partial charge is 0.458 e. The van der Waals surface area contributed by atoms with Gasteiger partial charge in [-0.2, -0.15) is 0 Å². The molecule has 0 unspecified atom stereocenters. The molecule has 0 aromatic carbocycles. The first kappa shape index (κ1) is 36.7. The van der Waals surface area contributed by atoms with Gasteiger partial charge in [0.25, 0.3) is 11.8 Å². The van der Waals surface area contributed by atoms with Crippen LogP contribution in [-0.2, 0) is 43.0 Å². The van der Waals surface area contributed by atoms with E-state index in [1.165, 1.54) is 24.3 Å². The van der Waals surface area contributed by atoms with E-state index in [2.05, 4.69) is 5.32 Å². The fraction of sp³-hybridized carbons (Fsp3) is 0.667. The van der Waals surface area contributed by atoms with Crippen LogP contribution in [0.1, 0.15) is 59.3 Å². The number of aliphatic hydroxyl groups excluding tert-OH is 1. The first-order valence-electron chi connectivity index (χ1n) is 17.2. The molecule has 0 aromatic rings. The lowest BCUT2D eigenvalue weighted by atomic mass is 9.45. The van der Waals surface area contributed by atoms with E-state index in [4.69, 9.17) is 14.2 Å². The Morgan fingerprint density at radius 2 is 1.69 bits per heavy atom. The third kappa shape index (κ3) is 7.07. The molecule has 0 spiro atoms. The molecule has 0 saturated heterocycles. The molecule has 1 aliphatic heterocycles. The molecule has 3 saturated carbocycles. The number of allylic oxidation sites excluding steroid dienone is 4. The Morgan fingerprint density at radius 3 is 2.41 bits per heavy atom. The van der Waals surface area contributed by atoms with Crippen molar-refractivity contribution in [1.82, 2.24) is 10.2 Å². The number of Topliss-reactive ketones (excluding diaryl/α,β-unsaturated/α-hetero) is 1. The minimum atomic E-state index is -1.97. The van der Waals surface area contributed by atoms with E-state index in [0.717, 1.165) is 4.90 Å². The zero-order valence-electron chi connectivity index (χ0n) is 28.4. The Kier molecular flexibility index (Phi) is 11.0. The summed E-state index contributed by atoms with van der Waals surface area (Å²) in [5.74, 6) is -3.52. The molecule has 3 fully saturated rings. The molecule has 268 valence electrons. The number of hydrogen-bond donors (Lipinski definition) is 2. The van der Waals surface area contributed by atoms with Gasteiger partial charge in [0.1, 0.15) is 6.61 Å². The van der Waals surface area contributed by atoms with Gasteiger partial charge in [0.05, 0.1) is 45.5 Å². The van der Waals surface area contributed by atoms with E-state index in [9.17, 15) is 33.9 Å². The number of fused-ring (bicyclic) bond motifs is 5. The molecule has 1 heterocycles. The molecule has 0 aromatic heterocycles. The number of alkyl halides is 1. The summed E-state index contributed by atoms with van der Waals surface area (Å²) in [6.07, 6.45) is 6.98. The standard InChI is InChI=1S/C36H47FN2O10/c1-22-18-26-25-5-4-23-19-24(40)10-11-35(23,3)36(25,37)28(42)20-34(26,2)33(22)27(41)21-49-32(46)9-6-29(43)38-12-14-47-16-17-48-15-13-39-30(44)7-8-31(39)45/h7-8,10-11,19,22,25-26,28,33,42H,4-6,9,12-18,20-21H2,1-3H3,(H,38,43)/t22-,25+,26+,28+,33-,34+,35+,36+/m1/s1. The van der Waals surface area contributed by atoms with Crippen LogP contribution in [0.2, 0.25) is 0 Å². The van der Waals surface area contributed by atoms with Crippen LogP contribution in [0.3, 0.4) is 0 Å². The van der Waals surface area contributed by atoms with Gasteiger partial charge < -0.3 is 24.6 Å². The number of carbonyl (C=O) groups excluding carboxylic acids is 6. The first-order chi connectivity index (χ1) is 23.2. The predicted octanol–water partition coefficient (Wildman–Crippen LogP) is 2.19. The molecule has 4 aliphatic carbocycles. The van der Waals surface area contributed by atoms with Crippen molar-refractivity contribution in [3.05, 3.63) is 36.0 Å². The van der Waals surface area contributed by atoms with E-state index in [1.54, 1.807) is 13.0 Å². The van der Waals surface area contributed by atoms with Crippen LogP contribution in [0.4, 0.5) is 4.39 Å². The van der Waals surface area contributed by atoms with E-state index < -0.39 is 47.0 Å². The van der Waals surface area contributed by atoms with Crippen molar-refractivity contribution in [2.45, 2.75) is 71.1 Å². The second-order valence-electron chi connectivity index (χ2n) is 14.4. The molecule has 13 heteroatoms. The Balaban J connectivity index is 1.00. The molecular weight excluding hydrogens is 639 g/mol. The number of ketones is 2. The highest BCUT2D eigenvalue weighted by Gasteiger charge is 2.71. The zero-order valence-corrected chi connectivity index (χ0v) is 28.4. The topological polar surface area (TPSA) is 166 Å². The minimum Gasteiger partial charge on any atom is -0.458 e. The van der Waals surface area contributed by atoms with Crippen molar-refractivity contribution in [1.29, 1.82) is 0 Å². The molecule has 0 radical (unpaired) electrons. The van der Waals surface area contributed by atoms with Gasteiger partial charge in [0.2, 0.25) is 5.91 Å². The predicted molar refractivity (Wildman–Crippen MR) is 172 cm³/mol. The van der Waals surface area contributed by atoms with E-state index in [1.807, 2.05) is 13.8 Å². The SMILES string of the molecule is C[C@@H]1C[C@H]2[C@@H]3CCC4=CC(=O)C=C[C@]4(C)[C@@]3(F)[C@@H](O)C[C@]2(C)[C@H]1C(=O)COC(=O)CCC(=O)NCCOCCOCCN1C(=O)C=CC1=O. The lowest BCUT2D eigenvalue weighted by Gasteiger charge is -2.61. The third-order valence-corrected chi connectivity index (χ3v) is 11.6. The fourth-order valence-corrected chi connectivity index (χ4v) is 9.27. The summed E-state index contributed by atoms with van der Waals surface area (Å²) in [5.41, 5.74) is -3.05. The molecular formula is C36H47FN2O10. The maximum Gasteiger partial charge on any atom is 0.306 e. The van der Waals surface area contributed by atoms with E-state index in [0.29, 0.717) is 24.8 Å². The molecule has 12 nitrogen and oxygen atoms in total. The normalized spacial score (nSPS) is 34.7. The van der Waals surface area contributed by atoms with Crippen molar-refractivity contribution in [2.24, 2.45) is 34.5 Å². The fourth-order valence-electron chi connectivity index (χ4n) is 9.27. The highest BCUT2D eigenvalue weighted by Crippen LogP contribution is 2.69. The number of esters is 1. The molecule has 5 aliphatic rings. The smallest absolute Gasteiger partial charge is 0.306 e. The lowest BCUT2D eigenvalue weighted by molar-refractivity contribution is -0.196. The molecule has 3 amide bonds. The summed E-state index contributed by atoms with van der Waals surface area (Å²) in [4.78, 5) is 74.3. The van der Waals surface area contributed by atoms with Gasteiger partial charge in [-0.05, 0) is 62.0 Å². The third-order valence-electron chi connectivity index (χ3n) is 11.6. The maximum absolute atomic E-state index is 17.3. The Labute approximate surface area is 285 Å². The highest BCUT2D eigenvalue weighted by molar-refractivity contribution is 6.12. The molecule has 5 rings (SSSR count). The van der Waals surface area contributed by atoms with Crippen LogP contribution in [0.25, 0.3) is 0 Å². The Hall–Kier alpha value is -3.55. The summed E-state index contributed by atoms with van der Waals surface area (Å²) in [6, 6.07) is 0. The zero-order chi connectivity index (χ0) is 35.6. The van der Waals surface area contributed by atoms with Crippen LogP contribution < -0.4 is 5.32 Å². The summed E-state index contributed by atoms with van der Waals surface area (Å²) in [5, 5.41) is 14.1. The lowest BCUT2D eigenvalue weighted by Crippen LogP contribution is -2.66. The van der Waals surface area contributed by atoms with Crippen LogP contribution in [-0.4, -0.2) is 103 Å². The number of ether oxygens (including phenoxy) is 3. The number of imide groups is 1. The van der Waals surface area contributed by atoms with Gasteiger partial charge in [-0.25, -0.2) is 4.39 Å². The van der Waals surface area contributed by atoms with Gasteiger partial charge in [-0.1, -0.05) is 25.5 Å². The quantitative estimate of drug-likeness (QED) is 0.148. The number of nitrogens with zero attached hydrogens (tertiary/aromatic N) is 1. The van der Waals surface area contributed by atoms with Crippen molar-refractivity contribution < 1.29 is 52.5 Å². The number of aliphatic hydroxyl groups is 1. The number of rotatable bonds is 15. The molecule has 2 N–H and O–H groups in total. The van der Waals surface area contributed by atoms with Gasteiger partial charge in [0, 0.05) is 42.4 Å². The Morgan fingerprint density at radius 1 is 1.00 bits per heavy atom.